The van der Waals surface area contributed by atoms with Crippen LogP contribution in [0.4, 0.5) is 5.69 Å². The molecule has 1 atom stereocenters. The standard InChI is InChI=1S/C27H26N2O4/c1-16(2)20-15-18(10-13-22(20)33-4)25(30)23-24(21-7-5-6-14-28-21)29(27(32)26(23)31)19-11-8-17(3)9-12-19/h5-16,24,30H,1-4H3/b25-23-. The normalized spacial score (nSPS) is 17.6. The number of carbonyl (C=O) groups excluding carboxylic acids is 2. The number of Topliss-reactive ketones (excluding diaryl/α,β-unsaturated/α-hetero) is 1. The van der Waals surface area contributed by atoms with E-state index in [2.05, 4.69) is 4.98 Å². The molecule has 0 radical (unpaired) electrons. The van der Waals surface area contributed by atoms with Crippen LogP contribution in [0.2, 0.25) is 0 Å². The van der Waals surface area contributed by atoms with E-state index in [1.54, 1.807) is 61.8 Å². The number of hydrogen-bond acceptors (Lipinski definition) is 5. The van der Waals surface area contributed by atoms with Crippen LogP contribution in [0.25, 0.3) is 5.76 Å². The second kappa shape index (κ2) is 8.90. The smallest absolute Gasteiger partial charge is 0.300 e. The highest BCUT2D eigenvalue weighted by molar-refractivity contribution is 6.51. The van der Waals surface area contributed by atoms with E-state index >= 15 is 0 Å². The fourth-order valence-corrected chi connectivity index (χ4v) is 4.11. The quantitative estimate of drug-likeness (QED) is 0.336. The molecule has 1 unspecified atom stereocenters. The first-order valence-electron chi connectivity index (χ1n) is 10.8. The summed E-state index contributed by atoms with van der Waals surface area (Å²) in [6.07, 6.45) is 1.61. The number of carbonyl (C=O) groups is 2. The van der Waals surface area contributed by atoms with Gasteiger partial charge in [-0.05, 0) is 60.9 Å². The number of aliphatic hydroxyl groups is 1. The van der Waals surface area contributed by atoms with Gasteiger partial charge < -0.3 is 9.84 Å². The molecule has 2 heterocycles. The molecule has 3 aromatic rings. The molecule has 4 rings (SSSR count). The molecular weight excluding hydrogens is 416 g/mol. The minimum atomic E-state index is -0.849. The number of aromatic nitrogens is 1. The Morgan fingerprint density at radius 3 is 2.39 bits per heavy atom. The number of rotatable bonds is 5. The lowest BCUT2D eigenvalue weighted by atomic mass is 9.94. The van der Waals surface area contributed by atoms with Gasteiger partial charge in [0, 0.05) is 17.4 Å². The third kappa shape index (κ3) is 4.00. The Labute approximate surface area is 193 Å². The van der Waals surface area contributed by atoms with Crippen molar-refractivity contribution in [2.24, 2.45) is 0 Å². The van der Waals surface area contributed by atoms with Gasteiger partial charge in [-0.15, -0.1) is 0 Å². The lowest BCUT2D eigenvalue weighted by Crippen LogP contribution is -2.29. The molecule has 1 fully saturated rings. The largest absolute Gasteiger partial charge is 0.507 e. The van der Waals surface area contributed by atoms with Crippen molar-refractivity contribution in [3.05, 3.63) is 94.8 Å². The summed E-state index contributed by atoms with van der Waals surface area (Å²) in [4.78, 5) is 32.2. The van der Waals surface area contributed by atoms with Gasteiger partial charge >= 0.3 is 0 Å². The lowest BCUT2D eigenvalue weighted by Gasteiger charge is -2.24. The summed E-state index contributed by atoms with van der Waals surface area (Å²) in [7, 11) is 1.59. The van der Waals surface area contributed by atoms with Gasteiger partial charge in [-0.3, -0.25) is 19.5 Å². The van der Waals surface area contributed by atoms with Gasteiger partial charge in [0.2, 0.25) is 0 Å². The van der Waals surface area contributed by atoms with E-state index in [1.165, 1.54) is 4.90 Å². The maximum Gasteiger partial charge on any atom is 0.300 e. The first-order chi connectivity index (χ1) is 15.8. The number of amides is 1. The topological polar surface area (TPSA) is 79.7 Å². The van der Waals surface area contributed by atoms with Crippen LogP contribution in [0.15, 0.2) is 72.4 Å². The van der Waals surface area contributed by atoms with Crippen LogP contribution < -0.4 is 9.64 Å². The summed E-state index contributed by atoms with van der Waals surface area (Å²) in [6.45, 7) is 5.99. The first kappa shape index (κ1) is 22.3. The summed E-state index contributed by atoms with van der Waals surface area (Å²) < 4.78 is 5.44. The summed E-state index contributed by atoms with van der Waals surface area (Å²) in [5.74, 6) is -0.848. The zero-order chi connectivity index (χ0) is 23.7. The molecule has 0 bridgehead atoms. The number of aryl methyl sites for hydroxylation is 1. The molecule has 1 saturated heterocycles. The maximum atomic E-state index is 13.2. The van der Waals surface area contributed by atoms with E-state index in [0.29, 0.717) is 22.7 Å². The molecule has 33 heavy (non-hydrogen) atoms. The van der Waals surface area contributed by atoms with Crippen LogP contribution >= 0.6 is 0 Å². The van der Waals surface area contributed by atoms with E-state index in [0.717, 1.165) is 11.1 Å². The molecule has 6 heteroatoms. The molecule has 0 spiro atoms. The van der Waals surface area contributed by atoms with E-state index in [9.17, 15) is 14.7 Å². The Bertz CT molecular complexity index is 1230. The van der Waals surface area contributed by atoms with E-state index in [4.69, 9.17) is 4.74 Å². The molecule has 1 aliphatic heterocycles. The Hall–Kier alpha value is -3.93. The van der Waals surface area contributed by atoms with Crippen LogP contribution in [-0.2, 0) is 9.59 Å². The van der Waals surface area contributed by atoms with Gasteiger partial charge in [0.05, 0.1) is 18.4 Å². The Morgan fingerprint density at radius 1 is 1.06 bits per heavy atom. The van der Waals surface area contributed by atoms with E-state index in [1.807, 2.05) is 32.9 Å². The Morgan fingerprint density at radius 2 is 1.79 bits per heavy atom. The van der Waals surface area contributed by atoms with E-state index in [-0.39, 0.29) is 17.3 Å². The van der Waals surface area contributed by atoms with Crippen molar-refractivity contribution < 1.29 is 19.4 Å². The second-order valence-electron chi connectivity index (χ2n) is 8.37. The van der Waals surface area contributed by atoms with Crippen molar-refractivity contribution in [3.8, 4) is 5.75 Å². The van der Waals surface area contributed by atoms with Gasteiger partial charge in [0.1, 0.15) is 17.6 Å². The van der Waals surface area contributed by atoms with Crippen molar-refractivity contribution in [2.75, 3.05) is 12.0 Å². The zero-order valence-electron chi connectivity index (χ0n) is 19.1. The first-order valence-corrected chi connectivity index (χ1v) is 10.8. The molecule has 1 aromatic heterocycles. The average molecular weight is 443 g/mol. The third-order valence-electron chi connectivity index (χ3n) is 5.85. The van der Waals surface area contributed by atoms with Gasteiger partial charge in [-0.25, -0.2) is 0 Å². The van der Waals surface area contributed by atoms with Crippen LogP contribution in [-0.4, -0.2) is 28.9 Å². The van der Waals surface area contributed by atoms with Crippen LogP contribution in [0.3, 0.4) is 0 Å². The molecule has 0 saturated carbocycles. The van der Waals surface area contributed by atoms with Crippen molar-refractivity contribution in [1.29, 1.82) is 0 Å². The van der Waals surface area contributed by atoms with Crippen molar-refractivity contribution in [1.82, 2.24) is 4.98 Å². The fraction of sp³-hybridized carbons (Fsp3) is 0.222. The van der Waals surface area contributed by atoms with Crippen molar-refractivity contribution in [2.45, 2.75) is 32.7 Å². The minimum absolute atomic E-state index is 0.0131. The molecule has 1 aliphatic rings. The molecule has 168 valence electrons. The molecule has 2 aromatic carbocycles. The summed E-state index contributed by atoms with van der Waals surface area (Å²) in [5, 5.41) is 11.3. The maximum absolute atomic E-state index is 13.2. The van der Waals surface area contributed by atoms with Crippen LogP contribution in [0.5, 0.6) is 5.75 Å². The number of benzene rings is 2. The van der Waals surface area contributed by atoms with Gasteiger partial charge in [-0.2, -0.15) is 0 Å². The van der Waals surface area contributed by atoms with Crippen molar-refractivity contribution >= 4 is 23.1 Å². The zero-order valence-corrected chi connectivity index (χ0v) is 19.1. The molecule has 1 N–H and O–H groups in total. The third-order valence-corrected chi connectivity index (χ3v) is 5.85. The Kier molecular flexibility index (Phi) is 6.01. The minimum Gasteiger partial charge on any atom is -0.507 e. The fourth-order valence-electron chi connectivity index (χ4n) is 4.11. The number of nitrogens with zero attached hydrogens (tertiary/aromatic N) is 2. The number of ketones is 1. The van der Waals surface area contributed by atoms with Gasteiger partial charge in [0.25, 0.3) is 11.7 Å². The number of methoxy groups -OCH3 is 1. The highest BCUT2D eigenvalue weighted by Gasteiger charge is 2.47. The molecule has 1 amide bonds. The number of hydrogen-bond donors (Lipinski definition) is 1. The SMILES string of the molecule is COc1ccc(/C(O)=C2/C(=O)C(=O)N(c3ccc(C)cc3)C2c2ccccn2)cc1C(C)C. The summed E-state index contributed by atoms with van der Waals surface area (Å²) in [5.41, 5.74) is 3.45. The summed E-state index contributed by atoms with van der Waals surface area (Å²) >= 11 is 0. The molecular formula is C27H26N2O4. The van der Waals surface area contributed by atoms with Crippen LogP contribution in [0, 0.1) is 6.92 Å². The second-order valence-corrected chi connectivity index (χ2v) is 8.37. The predicted molar refractivity (Wildman–Crippen MR) is 127 cm³/mol. The van der Waals surface area contributed by atoms with E-state index < -0.39 is 17.7 Å². The van der Waals surface area contributed by atoms with Crippen molar-refractivity contribution in [3.63, 3.8) is 0 Å². The van der Waals surface area contributed by atoms with Gasteiger partial charge in [0.15, 0.2) is 0 Å². The van der Waals surface area contributed by atoms with Gasteiger partial charge in [-0.1, -0.05) is 37.6 Å². The summed E-state index contributed by atoms with van der Waals surface area (Å²) in [6, 6.07) is 17.0. The Balaban J connectivity index is 1.93. The highest BCUT2D eigenvalue weighted by Crippen LogP contribution is 2.42. The molecule has 6 nitrogen and oxygen atoms in total. The average Bonchev–Trinajstić information content (AvgIpc) is 3.09. The molecule has 0 aliphatic carbocycles. The number of pyridine rings is 1. The number of anilines is 1. The predicted octanol–water partition coefficient (Wildman–Crippen LogP) is 5.15. The number of aliphatic hydroxyl groups excluding tert-OH is 1. The lowest BCUT2D eigenvalue weighted by molar-refractivity contribution is -0.132. The monoisotopic (exact) mass is 442 g/mol. The van der Waals surface area contributed by atoms with Crippen LogP contribution in [0.1, 0.15) is 48.2 Å². The highest BCUT2D eigenvalue weighted by atomic mass is 16.5. The number of ether oxygens (including phenoxy) is 1.